The Morgan fingerprint density at radius 1 is 1.19 bits per heavy atom. The molecular formula is C18H24ClNO7. The highest BCUT2D eigenvalue weighted by molar-refractivity contribution is 6.32. The second-order valence-corrected chi connectivity index (χ2v) is 5.86. The monoisotopic (exact) mass is 401 g/mol. The molecule has 0 aliphatic carbocycles. The molecule has 0 spiro atoms. The number of esters is 1. The summed E-state index contributed by atoms with van der Waals surface area (Å²) in [7, 11) is 1.11. The van der Waals surface area contributed by atoms with Crippen LogP contribution in [0.5, 0.6) is 11.5 Å². The molecule has 2 amide bonds. The topological polar surface area (TPSA) is 100 Å². The van der Waals surface area contributed by atoms with Crippen molar-refractivity contribution in [2.45, 2.75) is 39.7 Å². The normalized spacial score (nSPS) is 11.3. The molecule has 9 heteroatoms. The average Bonchev–Trinajstić information content (AvgIpc) is 2.63. The van der Waals surface area contributed by atoms with Gasteiger partial charge in [-0.3, -0.25) is 10.1 Å². The summed E-state index contributed by atoms with van der Waals surface area (Å²) in [5.41, 5.74) is 0.0870. The molecule has 1 aromatic rings. The zero-order chi connectivity index (χ0) is 20.4. The van der Waals surface area contributed by atoms with Gasteiger partial charge in [-0.05, 0) is 32.4 Å². The van der Waals surface area contributed by atoms with Crippen LogP contribution in [-0.2, 0) is 14.3 Å². The Bertz CT molecular complexity index is 678. The van der Waals surface area contributed by atoms with Gasteiger partial charge in [0.1, 0.15) is 0 Å². The first-order valence-electron chi connectivity index (χ1n) is 8.52. The number of carbonyl (C=O) groups is 3. The molecule has 0 heterocycles. The molecule has 0 aliphatic heterocycles. The van der Waals surface area contributed by atoms with Crippen molar-refractivity contribution >= 4 is 29.6 Å². The van der Waals surface area contributed by atoms with E-state index in [2.05, 4.69) is 4.74 Å². The molecule has 27 heavy (non-hydrogen) atoms. The summed E-state index contributed by atoms with van der Waals surface area (Å²) in [5.74, 6) is -0.962. The van der Waals surface area contributed by atoms with Crippen LogP contribution in [0.4, 0.5) is 4.79 Å². The zero-order valence-electron chi connectivity index (χ0n) is 15.8. The van der Waals surface area contributed by atoms with Crippen molar-refractivity contribution in [3.63, 3.8) is 0 Å². The first-order valence-corrected chi connectivity index (χ1v) is 8.90. The number of imide groups is 1. The number of amides is 2. The van der Waals surface area contributed by atoms with Crippen LogP contribution in [0.1, 0.15) is 44.0 Å². The summed E-state index contributed by atoms with van der Waals surface area (Å²) in [4.78, 5) is 35.1. The number of hydrogen-bond acceptors (Lipinski definition) is 7. The van der Waals surface area contributed by atoms with Crippen LogP contribution in [-0.4, -0.2) is 44.4 Å². The van der Waals surface area contributed by atoms with Crippen LogP contribution in [0.25, 0.3) is 0 Å². The standard InChI is InChI=1S/C18H24ClNO7/c1-5-7-8-26-15-13(19)9-12(10-14(15)25-6-2)17(22)27-11(3)16(21)20-18(23)24-4/h9-11H,5-8H2,1-4H3,(H,20,21,23)/t11-/m1/s1. The van der Waals surface area contributed by atoms with E-state index < -0.39 is 24.1 Å². The lowest BCUT2D eigenvalue weighted by Crippen LogP contribution is -2.39. The van der Waals surface area contributed by atoms with Gasteiger partial charge in [0.25, 0.3) is 5.91 Å². The molecular weight excluding hydrogens is 378 g/mol. The van der Waals surface area contributed by atoms with Gasteiger partial charge < -0.3 is 18.9 Å². The van der Waals surface area contributed by atoms with Crippen molar-refractivity contribution in [2.75, 3.05) is 20.3 Å². The molecule has 0 saturated carbocycles. The Hall–Kier alpha value is -2.48. The van der Waals surface area contributed by atoms with Crippen molar-refractivity contribution in [1.82, 2.24) is 5.32 Å². The van der Waals surface area contributed by atoms with Crippen LogP contribution in [0.3, 0.4) is 0 Å². The highest BCUT2D eigenvalue weighted by Gasteiger charge is 2.23. The van der Waals surface area contributed by atoms with Crippen LogP contribution in [0.15, 0.2) is 12.1 Å². The molecule has 1 rings (SSSR count). The molecule has 0 aromatic heterocycles. The first kappa shape index (κ1) is 22.6. The van der Waals surface area contributed by atoms with E-state index in [0.29, 0.717) is 24.7 Å². The summed E-state index contributed by atoms with van der Waals surface area (Å²) >= 11 is 6.23. The fourth-order valence-electron chi connectivity index (χ4n) is 1.94. The number of nitrogens with one attached hydrogen (secondary N) is 1. The van der Waals surface area contributed by atoms with E-state index >= 15 is 0 Å². The maximum absolute atomic E-state index is 12.3. The fourth-order valence-corrected chi connectivity index (χ4v) is 2.21. The van der Waals surface area contributed by atoms with Gasteiger partial charge in [0.2, 0.25) is 0 Å². The lowest BCUT2D eigenvalue weighted by Gasteiger charge is -2.16. The summed E-state index contributed by atoms with van der Waals surface area (Å²) < 4.78 is 20.5. The van der Waals surface area contributed by atoms with Crippen LogP contribution >= 0.6 is 11.6 Å². The van der Waals surface area contributed by atoms with Gasteiger partial charge in [-0.15, -0.1) is 0 Å². The van der Waals surface area contributed by atoms with Crippen LogP contribution in [0, 0.1) is 0 Å². The number of hydrogen-bond donors (Lipinski definition) is 1. The molecule has 1 atom stereocenters. The Labute approximate surface area is 163 Å². The van der Waals surface area contributed by atoms with Crippen molar-refractivity contribution in [3.05, 3.63) is 22.7 Å². The third kappa shape index (κ3) is 6.97. The minimum absolute atomic E-state index is 0.0870. The molecule has 0 aliphatic rings. The minimum atomic E-state index is -1.22. The number of alkyl carbamates (subject to hydrolysis) is 1. The van der Waals surface area contributed by atoms with Gasteiger partial charge in [-0.1, -0.05) is 24.9 Å². The number of benzene rings is 1. The summed E-state index contributed by atoms with van der Waals surface area (Å²) in [5, 5.41) is 2.11. The van der Waals surface area contributed by atoms with Crippen molar-refractivity contribution in [2.24, 2.45) is 0 Å². The van der Waals surface area contributed by atoms with E-state index in [4.69, 9.17) is 25.8 Å². The predicted molar refractivity (Wildman–Crippen MR) is 98.4 cm³/mol. The molecule has 0 fully saturated rings. The highest BCUT2D eigenvalue weighted by atomic mass is 35.5. The quantitative estimate of drug-likeness (QED) is 0.500. The van der Waals surface area contributed by atoms with Gasteiger partial charge in [0.05, 0.1) is 30.9 Å². The Balaban J connectivity index is 2.93. The van der Waals surface area contributed by atoms with Gasteiger partial charge in [-0.2, -0.15) is 0 Å². The third-order valence-electron chi connectivity index (χ3n) is 3.35. The number of halogens is 1. The number of rotatable bonds is 9. The SMILES string of the molecule is CCCCOc1c(Cl)cc(C(=O)O[C@H](C)C(=O)NC(=O)OC)cc1OCC. The summed E-state index contributed by atoms with van der Waals surface area (Å²) in [6.07, 6.45) is -0.361. The Morgan fingerprint density at radius 2 is 1.89 bits per heavy atom. The van der Waals surface area contributed by atoms with Gasteiger partial charge in [0, 0.05) is 0 Å². The zero-order valence-corrected chi connectivity index (χ0v) is 16.6. The maximum Gasteiger partial charge on any atom is 0.413 e. The molecule has 1 aromatic carbocycles. The lowest BCUT2D eigenvalue weighted by atomic mass is 10.2. The van der Waals surface area contributed by atoms with Gasteiger partial charge in [-0.25, -0.2) is 9.59 Å². The number of carbonyl (C=O) groups excluding carboxylic acids is 3. The van der Waals surface area contributed by atoms with E-state index in [0.717, 1.165) is 20.0 Å². The fraction of sp³-hybridized carbons (Fsp3) is 0.500. The third-order valence-corrected chi connectivity index (χ3v) is 3.63. The van der Waals surface area contributed by atoms with E-state index in [1.54, 1.807) is 6.92 Å². The molecule has 0 unspecified atom stereocenters. The molecule has 0 saturated heterocycles. The molecule has 0 radical (unpaired) electrons. The highest BCUT2D eigenvalue weighted by Crippen LogP contribution is 2.37. The summed E-state index contributed by atoms with van der Waals surface area (Å²) in [6, 6.07) is 2.81. The largest absolute Gasteiger partial charge is 0.490 e. The van der Waals surface area contributed by atoms with Crippen molar-refractivity contribution in [1.29, 1.82) is 0 Å². The van der Waals surface area contributed by atoms with E-state index in [-0.39, 0.29) is 10.6 Å². The van der Waals surface area contributed by atoms with E-state index in [1.165, 1.54) is 19.1 Å². The first-order chi connectivity index (χ1) is 12.8. The average molecular weight is 402 g/mol. The smallest absolute Gasteiger partial charge is 0.413 e. The number of methoxy groups -OCH3 is 1. The van der Waals surface area contributed by atoms with Crippen LogP contribution < -0.4 is 14.8 Å². The van der Waals surface area contributed by atoms with Gasteiger partial charge in [0.15, 0.2) is 17.6 Å². The van der Waals surface area contributed by atoms with E-state index in [9.17, 15) is 14.4 Å². The van der Waals surface area contributed by atoms with E-state index in [1.807, 2.05) is 12.2 Å². The number of ether oxygens (including phenoxy) is 4. The predicted octanol–water partition coefficient (Wildman–Crippen LogP) is 3.35. The Kier molecular flexibility index (Phi) is 9.42. The second kappa shape index (κ2) is 11.3. The number of unbranched alkanes of at least 4 members (excludes halogenated alkanes) is 1. The summed E-state index contributed by atoms with van der Waals surface area (Å²) in [6.45, 7) is 5.95. The lowest BCUT2D eigenvalue weighted by molar-refractivity contribution is -0.128. The molecule has 150 valence electrons. The molecule has 1 N–H and O–H groups in total. The minimum Gasteiger partial charge on any atom is -0.490 e. The van der Waals surface area contributed by atoms with Gasteiger partial charge >= 0.3 is 12.1 Å². The van der Waals surface area contributed by atoms with Crippen LogP contribution in [0.2, 0.25) is 5.02 Å². The van der Waals surface area contributed by atoms with Crippen molar-refractivity contribution in [3.8, 4) is 11.5 Å². The molecule has 8 nitrogen and oxygen atoms in total. The maximum atomic E-state index is 12.3. The Morgan fingerprint density at radius 3 is 2.48 bits per heavy atom. The second-order valence-electron chi connectivity index (χ2n) is 5.45. The van der Waals surface area contributed by atoms with Crippen molar-refractivity contribution < 1.29 is 33.3 Å². The molecule has 0 bridgehead atoms.